The Morgan fingerprint density at radius 2 is 1.77 bits per heavy atom. The largest absolute Gasteiger partial charge is 0.397 e. The molecule has 1 unspecified atom stereocenters. The van der Waals surface area contributed by atoms with Gasteiger partial charge in [-0.15, -0.1) is 0 Å². The van der Waals surface area contributed by atoms with Gasteiger partial charge in [0.05, 0.1) is 27.8 Å². The van der Waals surface area contributed by atoms with Crippen LogP contribution < -0.4 is 5.73 Å². The SMILES string of the molecule is Cn1c2ccccc2c2c(N)c3c(nc21)CC(c1ccccc1)CC3=O. The number of carbonyl (C=O) groups is 1. The molecule has 26 heavy (non-hydrogen) atoms. The Balaban J connectivity index is 1.76. The normalized spacial score (nSPS) is 17.0. The van der Waals surface area contributed by atoms with Gasteiger partial charge in [-0.3, -0.25) is 4.79 Å². The van der Waals surface area contributed by atoms with E-state index in [1.165, 1.54) is 5.56 Å². The highest BCUT2D eigenvalue weighted by Crippen LogP contribution is 2.40. The standard InChI is InChI=1S/C22H19N3O/c1-25-17-10-6-5-9-15(17)19-21(23)20-16(24-22(19)25)11-14(12-18(20)26)13-7-3-2-4-8-13/h2-10,14H,11-12H2,1H3,(H2,23,24). The van der Waals surface area contributed by atoms with Crippen LogP contribution in [0.25, 0.3) is 21.9 Å². The maximum atomic E-state index is 12.9. The second kappa shape index (κ2) is 5.43. The summed E-state index contributed by atoms with van der Waals surface area (Å²) in [5.41, 5.74) is 11.7. The number of benzene rings is 2. The van der Waals surface area contributed by atoms with Crippen molar-refractivity contribution in [3.05, 3.63) is 71.4 Å². The Morgan fingerprint density at radius 3 is 2.58 bits per heavy atom. The van der Waals surface area contributed by atoms with E-state index in [2.05, 4.69) is 22.8 Å². The Morgan fingerprint density at radius 1 is 1.04 bits per heavy atom. The van der Waals surface area contributed by atoms with Gasteiger partial charge in [0.25, 0.3) is 0 Å². The van der Waals surface area contributed by atoms with Gasteiger partial charge in [-0.2, -0.15) is 0 Å². The van der Waals surface area contributed by atoms with E-state index in [4.69, 9.17) is 10.7 Å². The Hall–Kier alpha value is -3.14. The van der Waals surface area contributed by atoms with E-state index in [1.54, 1.807) is 0 Å². The van der Waals surface area contributed by atoms with Gasteiger partial charge in [0.1, 0.15) is 5.65 Å². The number of nitrogen functional groups attached to an aromatic ring is 1. The van der Waals surface area contributed by atoms with Crippen LogP contribution in [0.3, 0.4) is 0 Å². The molecule has 0 saturated carbocycles. The van der Waals surface area contributed by atoms with Crippen LogP contribution in [0.15, 0.2) is 54.6 Å². The van der Waals surface area contributed by atoms with E-state index < -0.39 is 0 Å². The summed E-state index contributed by atoms with van der Waals surface area (Å²) in [4.78, 5) is 17.9. The molecule has 0 aliphatic heterocycles. The number of fused-ring (bicyclic) bond motifs is 4. The summed E-state index contributed by atoms with van der Waals surface area (Å²) in [5, 5.41) is 1.95. The van der Waals surface area contributed by atoms with Gasteiger partial charge in [0.2, 0.25) is 0 Å². The molecule has 4 aromatic rings. The number of nitrogens with zero attached hydrogens (tertiary/aromatic N) is 2. The smallest absolute Gasteiger partial charge is 0.167 e. The molecule has 1 aliphatic rings. The van der Waals surface area contributed by atoms with Crippen molar-refractivity contribution in [3.8, 4) is 0 Å². The molecule has 128 valence electrons. The topological polar surface area (TPSA) is 60.9 Å². The number of aryl methyl sites for hydroxylation is 1. The lowest BCUT2D eigenvalue weighted by molar-refractivity contribution is 0.0964. The summed E-state index contributed by atoms with van der Waals surface area (Å²) >= 11 is 0. The summed E-state index contributed by atoms with van der Waals surface area (Å²) in [5.74, 6) is 0.259. The summed E-state index contributed by atoms with van der Waals surface area (Å²) < 4.78 is 2.07. The number of anilines is 1. The Bertz CT molecular complexity index is 1170. The molecule has 0 amide bonds. The van der Waals surface area contributed by atoms with Gasteiger partial charge in [0.15, 0.2) is 5.78 Å². The molecule has 2 N–H and O–H groups in total. The molecule has 5 rings (SSSR count). The predicted octanol–water partition coefficient (Wildman–Crippen LogP) is 4.22. The van der Waals surface area contributed by atoms with Crippen LogP contribution in [-0.4, -0.2) is 15.3 Å². The van der Waals surface area contributed by atoms with Crippen molar-refractivity contribution in [3.63, 3.8) is 0 Å². The van der Waals surface area contributed by atoms with E-state index in [9.17, 15) is 4.79 Å². The molecule has 1 atom stereocenters. The minimum Gasteiger partial charge on any atom is -0.397 e. The first-order valence-corrected chi connectivity index (χ1v) is 8.88. The number of ketones is 1. The maximum Gasteiger partial charge on any atom is 0.167 e. The molecule has 0 radical (unpaired) electrons. The molecule has 2 aromatic carbocycles. The molecule has 4 nitrogen and oxygen atoms in total. The average Bonchev–Trinajstić information content (AvgIpc) is 2.95. The number of para-hydroxylation sites is 1. The monoisotopic (exact) mass is 341 g/mol. The summed E-state index contributed by atoms with van der Waals surface area (Å²) in [7, 11) is 2.00. The number of pyridine rings is 1. The molecule has 1 aliphatic carbocycles. The lowest BCUT2D eigenvalue weighted by Gasteiger charge is -2.24. The van der Waals surface area contributed by atoms with Crippen molar-refractivity contribution in [1.82, 2.24) is 9.55 Å². The first-order valence-electron chi connectivity index (χ1n) is 8.88. The third kappa shape index (κ3) is 2.02. The molecular weight excluding hydrogens is 322 g/mol. The number of carbonyl (C=O) groups excluding carboxylic acids is 1. The van der Waals surface area contributed by atoms with E-state index in [0.29, 0.717) is 17.7 Å². The Labute approximate surface area is 151 Å². The molecule has 4 heteroatoms. The van der Waals surface area contributed by atoms with Crippen molar-refractivity contribution >= 4 is 33.4 Å². The van der Waals surface area contributed by atoms with Gasteiger partial charge in [0, 0.05) is 18.9 Å². The van der Waals surface area contributed by atoms with Crippen molar-refractivity contribution < 1.29 is 4.79 Å². The first-order chi connectivity index (χ1) is 12.6. The molecule has 2 heterocycles. The van der Waals surface area contributed by atoms with Crippen molar-refractivity contribution in [2.24, 2.45) is 7.05 Å². The van der Waals surface area contributed by atoms with Crippen LogP contribution in [0.5, 0.6) is 0 Å². The van der Waals surface area contributed by atoms with Gasteiger partial charge in [-0.05, 0) is 24.0 Å². The van der Waals surface area contributed by atoms with Crippen molar-refractivity contribution in [2.75, 3.05) is 5.73 Å². The molecule has 0 fully saturated rings. The third-order valence-electron chi connectivity index (χ3n) is 5.57. The highest BCUT2D eigenvalue weighted by atomic mass is 16.1. The summed E-state index contributed by atoms with van der Waals surface area (Å²) in [6, 6.07) is 18.3. The Kier molecular flexibility index (Phi) is 3.16. The van der Waals surface area contributed by atoms with Gasteiger partial charge in [-0.25, -0.2) is 4.98 Å². The van der Waals surface area contributed by atoms with Crippen LogP contribution in [0.1, 0.15) is 34.0 Å². The number of nitrogens with two attached hydrogens (primary N) is 1. The number of hydrogen-bond acceptors (Lipinski definition) is 3. The van der Waals surface area contributed by atoms with Crippen LogP contribution in [0, 0.1) is 0 Å². The summed E-state index contributed by atoms with van der Waals surface area (Å²) in [6.45, 7) is 0. The van der Waals surface area contributed by atoms with Crippen LogP contribution in [0.4, 0.5) is 5.69 Å². The van der Waals surface area contributed by atoms with Gasteiger partial charge >= 0.3 is 0 Å². The second-order valence-electron chi connectivity index (χ2n) is 7.06. The predicted molar refractivity (Wildman–Crippen MR) is 104 cm³/mol. The highest BCUT2D eigenvalue weighted by molar-refractivity contribution is 6.18. The third-order valence-corrected chi connectivity index (χ3v) is 5.57. The molecule has 0 bridgehead atoms. The number of aromatic nitrogens is 2. The minimum absolute atomic E-state index is 0.0972. The second-order valence-corrected chi connectivity index (χ2v) is 7.06. The number of rotatable bonds is 1. The lowest BCUT2D eigenvalue weighted by atomic mass is 9.81. The number of Topliss-reactive ketones (excluding diaryl/α,β-unsaturated/α-hetero) is 1. The van der Waals surface area contributed by atoms with Gasteiger partial charge < -0.3 is 10.3 Å². The quantitative estimate of drug-likeness (QED) is 0.564. The fourth-order valence-corrected chi connectivity index (χ4v) is 4.29. The van der Waals surface area contributed by atoms with E-state index in [-0.39, 0.29) is 11.7 Å². The zero-order chi connectivity index (χ0) is 17.8. The van der Waals surface area contributed by atoms with E-state index in [1.807, 2.05) is 43.4 Å². The fraction of sp³-hybridized carbons (Fsp3) is 0.182. The fourth-order valence-electron chi connectivity index (χ4n) is 4.29. The maximum absolute atomic E-state index is 12.9. The van der Waals surface area contributed by atoms with Gasteiger partial charge in [-0.1, -0.05) is 48.5 Å². The van der Waals surface area contributed by atoms with Crippen LogP contribution in [0.2, 0.25) is 0 Å². The van der Waals surface area contributed by atoms with Crippen LogP contribution >= 0.6 is 0 Å². The highest BCUT2D eigenvalue weighted by Gasteiger charge is 2.31. The van der Waals surface area contributed by atoms with E-state index in [0.717, 1.165) is 34.1 Å². The molecule has 2 aromatic heterocycles. The molecule has 0 saturated heterocycles. The number of hydrogen-bond donors (Lipinski definition) is 1. The average molecular weight is 341 g/mol. The zero-order valence-electron chi connectivity index (χ0n) is 14.6. The van der Waals surface area contributed by atoms with Crippen molar-refractivity contribution in [1.29, 1.82) is 0 Å². The first kappa shape index (κ1) is 15.1. The molecule has 0 spiro atoms. The summed E-state index contributed by atoms with van der Waals surface area (Å²) in [6.07, 6.45) is 1.23. The molecular formula is C22H19N3O. The van der Waals surface area contributed by atoms with E-state index >= 15 is 0 Å². The lowest BCUT2D eigenvalue weighted by Crippen LogP contribution is -2.22. The zero-order valence-corrected chi connectivity index (χ0v) is 14.6. The minimum atomic E-state index is 0.0972. The van der Waals surface area contributed by atoms with Crippen molar-refractivity contribution in [2.45, 2.75) is 18.8 Å². The van der Waals surface area contributed by atoms with Crippen LogP contribution in [-0.2, 0) is 13.5 Å².